The number of epoxide rings is 1. The molecule has 2 unspecified atom stereocenters. The molecule has 3 nitrogen and oxygen atoms in total. The minimum absolute atomic E-state index is 0.301. The summed E-state index contributed by atoms with van der Waals surface area (Å²) >= 11 is 0. The Morgan fingerprint density at radius 1 is 1.33 bits per heavy atom. The Morgan fingerprint density at radius 2 is 1.87 bits per heavy atom. The normalized spacial score (nSPS) is 23.0. The molecule has 1 aliphatic heterocycles. The van der Waals surface area contributed by atoms with Gasteiger partial charge in [0, 0.05) is 19.1 Å². The Kier molecular flexibility index (Phi) is 5.25. The van der Waals surface area contributed by atoms with Crippen LogP contribution in [0, 0.1) is 5.92 Å². The minimum Gasteiger partial charge on any atom is -0.373 e. The summed E-state index contributed by atoms with van der Waals surface area (Å²) in [7, 11) is 0.914. The fourth-order valence-corrected chi connectivity index (χ4v) is 3.34. The van der Waals surface area contributed by atoms with Crippen LogP contribution in [-0.2, 0) is 14.2 Å². The van der Waals surface area contributed by atoms with Gasteiger partial charge < -0.3 is 14.2 Å². The van der Waals surface area contributed by atoms with Gasteiger partial charge in [-0.2, -0.15) is 0 Å². The summed E-state index contributed by atoms with van der Waals surface area (Å²) in [6, 6.07) is 0. The Labute approximate surface area is 95.9 Å². The van der Waals surface area contributed by atoms with Gasteiger partial charge in [-0.05, 0) is 26.7 Å². The molecule has 0 aromatic heterocycles. The molecule has 1 rings (SSSR count). The zero-order chi connectivity index (χ0) is 11.3. The van der Waals surface area contributed by atoms with E-state index in [0.29, 0.717) is 12.0 Å². The van der Waals surface area contributed by atoms with E-state index < -0.39 is 0 Å². The first-order chi connectivity index (χ1) is 7.16. The lowest BCUT2D eigenvalue weighted by Gasteiger charge is -2.37. The van der Waals surface area contributed by atoms with Crippen LogP contribution in [0.5, 0.6) is 0 Å². The second kappa shape index (κ2) is 5.99. The lowest BCUT2D eigenvalue weighted by atomic mass is 9.99. The number of ether oxygens (including phenoxy) is 3. The largest absolute Gasteiger partial charge is 0.373 e. The highest BCUT2D eigenvalue weighted by Crippen LogP contribution is 2.31. The molecule has 0 N–H and O–H groups in total. The maximum Gasteiger partial charge on any atom is 0.144 e. The quantitative estimate of drug-likeness (QED) is 0.354. The molecule has 1 heterocycles. The maximum atomic E-state index is 5.84. The van der Waals surface area contributed by atoms with E-state index in [9.17, 15) is 0 Å². The van der Waals surface area contributed by atoms with Gasteiger partial charge in [0.2, 0.25) is 0 Å². The highest BCUT2D eigenvalue weighted by molar-refractivity contribution is 6.13. The molecule has 1 saturated heterocycles. The molecule has 0 radical (unpaired) electrons. The highest BCUT2D eigenvalue weighted by Gasteiger charge is 2.38. The van der Waals surface area contributed by atoms with Crippen molar-refractivity contribution in [2.75, 3.05) is 19.8 Å². The molecule has 0 amide bonds. The fraction of sp³-hybridized carbons (Fsp3) is 1.00. The summed E-state index contributed by atoms with van der Waals surface area (Å²) in [5.41, 5.74) is -0.301. The van der Waals surface area contributed by atoms with Crippen LogP contribution in [0.3, 0.4) is 0 Å². The lowest BCUT2D eigenvalue weighted by molar-refractivity contribution is -0.206. The van der Waals surface area contributed by atoms with E-state index >= 15 is 0 Å². The summed E-state index contributed by atoms with van der Waals surface area (Å²) in [6.45, 7) is 8.65. The summed E-state index contributed by atoms with van der Waals surface area (Å²) in [6.07, 6.45) is 2.65. The first-order valence-corrected chi connectivity index (χ1v) is 7.05. The van der Waals surface area contributed by atoms with Crippen LogP contribution in [-0.4, -0.2) is 41.6 Å². The average Bonchev–Trinajstić information content (AvgIpc) is 2.98. The van der Waals surface area contributed by atoms with E-state index in [-0.39, 0.29) is 5.41 Å². The van der Waals surface area contributed by atoms with Gasteiger partial charge in [0.15, 0.2) is 0 Å². The number of rotatable bonds is 8. The smallest absolute Gasteiger partial charge is 0.144 e. The standard InChI is InChI=1S/C11H24O3Si/c1-4-9(7-10-8-12-10)11(15,13-5-2)14-6-3/h9-10H,4-8H2,1-3,15H3. The number of hydrogen-bond acceptors (Lipinski definition) is 3. The first-order valence-electron chi connectivity index (χ1n) is 6.05. The van der Waals surface area contributed by atoms with Crippen molar-refractivity contribution in [1.29, 1.82) is 0 Å². The van der Waals surface area contributed by atoms with Crippen LogP contribution in [0.1, 0.15) is 33.6 Å². The monoisotopic (exact) mass is 232 g/mol. The van der Waals surface area contributed by atoms with Crippen LogP contribution in [0.25, 0.3) is 0 Å². The molecular formula is C11H24O3Si. The zero-order valence-corrected chi connectivity index (χ0v) is 12.4. The molecule has 0 saturated carbocycles. The first kappa shape index (κ1) is 13.2. The van der Waals surface area contributed by atoms with Gasteiger partial charge in [0.25, 0.3) is 0 Å². The van der Waals surface area contributed by atoms with E-state index in [1.807, 2.05) is 13.8 Å². The topological polar surface area (TPSA) is 31.0 Å². The van der Waals surface area contributed by atoms with Crippen molar-refractivity contribution >= 4 is 10.2 Å². The maximum absolute atomic E-state index is 5.84. The third-order valence-corrected chi connectivity index (χ3v) is 4.44. The van der Waals surface area contributed by atoms with Crippen molar-refractivity contribution in [2.45, 2.75) is 45.1 Å². The molecule has 0 bridgehead atoms. The third kappa shape index (κ3) is 3.87. The SMILES string of the molecule is CCOC([SiH3])(OCC)C(CC)CC1CO1. The number of hydrogen-bond donors (Lipinski definition) is 0. The molecule has 2 atom stereocenters. The second-order valence-electron chi connectivity index (χ2n) is 4.18. The van der Waals surface area contributed by atoms with Crippen molar-refractivity contribution in [1.82, 2.24) is 0 Å². The second-order valence-corrected chi connectivity index (χ2v) is 5.57. The van der Waals surface area contributed by atoms with E-state index in [4.69, 9.17) is 14.2 Å². The van der Waals surface area contributed by atoms with Crippen LogP contribution >= 0.6 is 0 Å². The molecular weight excluding hydrogens is 208 g/mol. The van der Waals surface area contributed by atoms with Crippen molar-refractivity contribution in [2.24, 2.45) is 5.92 Å². The predicted molar refractivity (Wildman–Crippen MR) is 64.1 cm³/mol. The molecule has 15 heavy (non-hydrogen) atoms. The summed E-state index contributed by atoms with van der Waals surface area (Å²) in [5.74, 6) is 0.483. The molecule has 90 valence electrons. The van der Waals surface area contributed by atoms with Gasteiger partial charge in [0.05, 0.1) is 23.0 Å². The van der Waals surface area contributed by atoms with E-state index in [1.165, 1.54) is 0 Å². The van der Waals surface area contributed by atoms with E-state index in [2.05, 4.69) is 6.92 Å². The van der Waals surface area contributed by atoms with Crippen molar-refractivity contribution in [3.05, 3.63) is 0 Å². The predicted octanol–water partition coefficient (Wildman–Crippen LogP) is 0.894. The van der Waals surface area contributed by atoms with E-state index in [1.54, 1.807) is 0 Å². The van der Waals surface area contributed by atoms with Gasteiger partial charge in [-0.3, -0.25) is 0 Å². The van der Waals surface area contributed by atoms with Crippen LogP contribution < -0.4 is 0 Å². The zero-order valence-electron chi connectivity index (χ0n) is 10.4. The summed E-state index contributed by atoms with van der Waals surface area (Å²) in [4.78, 5) is 0. The minimum atomic E-state index is -0.301. The van der Waals surface area contributed by atoms with Crippen molar-refractivity contribution in [3.8, 4) is 0 Å². The Bertz CT molecular complexity index is 177. The molecule has 0 spiro atoms. The van der Waals surface area contributed by atoms with Crippen LogP contribution in [0.2, 0.25) is 0 Å². The lowest BCUT2D eigenvalue weighted by Crippen LogP contribution is -2.45. The van der Waals surface area contributed by atoms with Gasteiger partial charge >= 0.3 is 0 Å². The Balaban J connectivity index is 2.55. The van der Waals surface area contributed by atoms with Gasteiger partial charge in [0.1, 0.15) is 5.41 Å². The Morgan fingerprint density at radius 3 is 2.20 bits per heavy atom. The molecule has 0 aliphatic carbocycles. The van der Waals surface area contributed by atoms with Crippen LogP contribution in [0.4, 0.5) is 0 Å². The van der Waals surface area contributed by atoms with Gasteiger partial charge in [-0.25, -0.2) is 0 Å². The molecule has 1 aliphatic rings. The highest BCUT2D eigenvalue weighted by atomic mass is 28.1. The molecule has 1 fully saturated rings. The molecule has 0 aromatic rings. The van der Waals surface area contributed by atoms with Gasteiger partial charge in [-0.1, -0.05) is 6.92 Å². The fourth-order valence-electron chi connectivity index (χ4n) is 2.12. The third-order valence-electron chi connectivity index (χ3n) is 3.05. The molecule has 4 heteroatoms. The summed E-state index contributed by atoms with van der Waals surface area (Å²) < 4.78 is 17.0. The van der Waals surface area contributed by atoms with Crippen LogP contribution in [0.15, 0.2) is 0 Å². The van der Waals surface area contributed by atoms with E-state index in [0.717, 1.165) is 42.9 Å². The van der Waals surface area contributed by atoms with Gasteiger partial charge in [-0.15, -0.1) is 0 Å². The summed E-state index contributed by atoms with van der Waals surface area (Å²) in [5, 5.41) is 0. The Hall–Kier alpha value is 0.0969. The van der Waals surface area contributed by atoms with Crippen molar-refractivity contribution < 1.29 is 14.2 Å². The van der Waals surface area contributed by atoms with Crippen molar-refractivity contribution in [3.63, 3.8) is 0 Å². The average molecular weight is 232 g/mol. The molecule has 0 aromatic carbocycles.